The van der Waals surface area contributed by atoms with E-state index in [0.717, 1.165) is 24.2 Å². The van der Waals surface area contributed by atoms with Crippen molar-refractivity contribution in [1.29, 1.82) is 0 Å². The van der Waals surface area contributed by atoms with Crippen LogP contribution in [0.5, 0.6) is 0 Å². The van der Waals surface area contributed by atoms with Gasteiger partial charge in [0.1, 0.15) is 5.82 Å². The lowest BCUT2D eigenvalue weighted by Gasteiger charge is -2.10. The zero-order chi connectivity index (χ0) is 15.1. The van der Waals surface area contributed by atoms with Crippen molar-refractivity contribution in [3.05, 3.63) is 65.2 Å². The van der Waals surface area contributed by atoms with Gasteiger partial charge in [0, 0.05) is 37.0 Å². The number of nitrogens with zero attached hydrogens (tertiary/aromatic N) is 2. The van der Waals surface area contributed by atoms with E-state index in [9.17, 15) is 4.39 Å². The standard InChI is InChI=1S/C15H17FN4O/c16-12-5-4-11(14(9-12)15(17)20-21)10-18-8-6-13-3-1-2-7-19-13/h1-5,7,9,18,21H,6,8,10H2,(H2,17,20). The van der Waals surface area contributed by atoms with Crippen molar-refractivity contribution in [1.82, 2.24) is 10.3 Å². The highest BCUT2D eigenvalue weighted by Crippen LogP contribution is 2.11. The minimum Gasteiger partial charge on any atom is -0.409 e. The summed E-state index contributed by atoms with van der Waals surface area (Å²) in [5, 5.41) is 14.9. The Morgan fingerprint density at radius 3 is 2.90 bits per heavy atom. The molecule has 5 nitrogen and oxygen atoms in total. The van der Waals surface area contributed by atoms with Gasteiger partial charge in [0.15, 0.2) is 5.84 Å². The van der Waals surface area contributed by atoms with Gasteiger partial charge in [-0.2, -0.15) is 0 Å². The van der Waals surface area contributed by atoms with E-state index >= 15 is 0 Å². The van der Waals surface area contributed by atoms with Gasteiger partial charge in [-0.1, -0.05) is 17.3 Å². The summed E-state index contributed by atoms with van der Waals surface area (Å²) in [7, 11) is 0. The Labute approximate surface area is 122 Å². The van der Waals surface area contributed by atoms with Crippen LogP contribution in [0.2, 0.25) is 0 Å². The van der Waals surface area contributed by atoms with Crippen LogP contribution >= 0.6 is 0 Å². The van der Waals surface area contributed by atoms with E-state index in [1.54, 1.807) is 12.3 Å². The van der Waals surface area contributed by atoms with Gasteiger partial charge in [-0.25, -0.2) is 4.39 Å². The fourth-order valence-corrected chi connectivity index (χ4v) is 1.98. The van der Waals surface area contributed by atoms with Gasteiger partial charge in [0.2, 0.25) is 0 Å². The molecule has 0 radical (unpaired) electrons. The zero-order valence-corrected chi connectivity index (χ0v) is 11.5. The highest BCUT2D eigenvalue weighted by Gasteiger charge is 2.08. The van der Waals surface area contributed by atoms with E-state index < -0.39 is 5.82 Å². The van der Waals surface area contributed by atoms with E-state index in [1.165, 1.54) is 12.1 Å². The molecule has 0 atom stereocenters. The number of oxime groups is 1. The quantitative estimate of drug-likeness (QED) is 0.248. The van der Waals surface area contributed by atoms with E-state index in [2.05, 4.69) is 15.5 Å². The van der Waals surface area contributed by atoms with E-state index in [0.29, 0.717) is 12.1 Å². The number of hydrogen-bond donors (Lipinski definition) is 3. The summed E-state index contributed by atoms with van der Waals surface area (Å²) >= 11 is 0. The Hall–Kier alpha value is -2.47. The number of nitrogens with one attached hydrogen (secondary N) is 1. The molecule has 1 aromatic carbocycles. The van der Waals surface area contributed by atoms with Crippen LogP contribution in [0.4, 0.5) is 4.39 Å². The summed E-state index contributed by atoms with van der Waals surface area (Å²) in [5.74, 6) is -0.523. The highest BCUT2D eigenvalue weighted by atomic mass is 19.1. The monoisotopic (exact) mass is 288 g/mol. The van der Waals surface area contributed by atoms with Crippen LogP contribution in [0.1, 0.15) is 16.8 Å². The van der Waals surface area contributed by atoms with E-state index in [-0.39, 0.29) is 5.84 Å². The molecule has 2 aromatic rings. The minimum absolute atomic E-state index is 0.101. The number of rotatable bonds is 6. The maximum atomic E-state index is 13.2. The predicted molar refractivity (Wildman–Crippen MR) is 78.6 cm³/mol. The van der Waals surface area contributed by atoms with Gasteiger partial charge < -0.3 is 16.3 Å². The third-order valence-corrected chi connectivity index (χ3v) is 3.06. The molecule has 0 fully saturated rings. The second-order valence-electron chi connectivity index (χ2n) is 4.53. The van der Waals surface area contributed by atoms with Crippen LogP contribution in [0.3, 0.4) is 0 Å². The normalized spacial score (nSPS) is 11.6. The number of aromatic nitrogens is 1. The molecule has 2 rings (SSSR count). The first-order valence-electron chi connectivity index (χ1n) is 6.57. The smallest absolute Gasteiger partial charge is 0.170 e. The van der Waals surface area contributed by atoms with Crippen LogP contribution < -0.4 is 11.1 Å². The lowest BCUT2D eigenvalue weighted by atomic mass is 10.1. The Kier molecular flexibility index (Phi) is 5.22. The fourth-order valence-electron chi connectivity index (χ4n) is 1.98. The molecule has 0 aliphatic rings. The fraction of sp³-hybridized carbons (Fsp3) is 0.200. The third kappa shape index (κ3) is 4.25. The summed E-state index contributed by atoms with van der Waals surface area (Å²) in [5.41, 5.74) is 7.72. The van der Waals surface area contributed by atoms with Crippen LogP contribution in [-0.2, 0) is 13.0 Å². The largest absolute Gasteiger partial charge is 0.409 e. The summed E-state index contributed by atoms with van der Waals surface area (Å²) in [4.78, 5) is 4.23. The van der Waals surface area contributed by atoms with Crippen molar-refractivity contribution < 1.29 is 9.60 Å². The zero-order valence-electron chi connectivity index (χ0n) is 11.5. The number of amidine groups is 1. The van der Waals surface area contributed by atoms with Gasteiger partial charge >= 0.3 is 0 Å². The summed E-state index contributed by atoms with van der Waals surface area (Å²) in [6, 6.07) is 10.0. The first-order chi connectivity index (χ1) is 10.2. The Balaban J connectivity index is 1.94. The molecule has 21 heavy (non-hydrogen) atoms. The van der Waals surface area contributed by atoms with Crippen molar-refractivity contribution in [2.45, 2.75) is 13.0 Å². The van der Waals surface area contributed by atoms with Crippen molar-refractivity contribution in [3.8, 4) is 0 Å². The number of pyridine rings is 1. The first-order valence-corrected chi connectivity index (χ1v) is 6.57. The molecular formula is C15H17FN4O. The molecule has 4 N–H and O–H groups in total. The van der Waals surface area contributed by atoms with Gasteiger partial charge in [-0.3, -0.25) is 4.98 Å². The van der Waals surface area contributed by atoms with Gasteiger partial charge in [0.05, 0.1) is 0 Å². The van der Waals surface area contributed by atoms with Gasteiger partial charge in [-0.15, -0.1) is 0 Å². The highest BCUT2D eigenvalue weighted by molar-refractivity contribution is 5.98. The molecule has 0 saturated carbocycles. The van der Waals surface area contributed by atoms with Crippen molar-refractivity contribution >= 4 is 5.84 Å². The maximum absolute atomic E-state index is 13.2. The van der Waals surface area contributed by atoms with Gasteiger partial charge in [0.25, 0.3) is 0 Å². The SMILES string of the molecule is NC(=NO)c1cc(F)ccc1CNCCc1ccccn1. The molecule has 0 amide bonds. The molecule has 110 valence electrons. The van der Waals surface area contributed by atoms with Crippen LogP contribution in [0, 0.1) is 5.82 Å². The molecule has 0 saturated heterocycles. The van der Waals surface area contributed by atoms with E-state index in [1.807, 2.05) is 18.2 Å². The molecule has 1 heterocycles. The molecule has 0 aliphatic heterocycles. The van der Waals surface area contributed by atoms with Crippen LogP contribution in [0.15, 0.2) is 47.8 Å². The average molecular weight is 288 g/mol. The second kappa shape index (κ2) is 7.35. The summed E-state index contributed by atoms with van der Waals surface area (Å²) in [6.45, 7) is 1.22. The summed E-state index contributed by atoms with van der Waals surface area (Å²) in [6.07, 6.45) is 2.55. The van der Waals surface area contributed by atoms with Crippen molar-refractivity contribution in [2.24, 2.45) is 10.9 Å². The van der Waals surface area contributed by atoms with Crippen molar-refractivity contribution in [2.75, 3.05) is 6.54 Å². The Morgan fingerprint density at radius 1 is 1.33 bits per heavy atom. The lowest BCUT2D eigenvalue weighted by molar-refractivity contribution is 0.318. The number of benzene rings is 1. The molecule has 0 unspecified atom stereocenters. The molecule has 1 aromatic heterocycles. The van der Waals surface area contributed by atoms with Crippen molar-refractivity contribution in [3.63, 3.8) is 0 Å². The topological polar surface area (TPSA) is 83.5 Å². The maximum Gasteiger partial charge on any atom is 0.170 e. The number of halogens is 1. The van der Waals surface area contributed by atoms with Crippen LogP contribution in [0.25, 0.3) is 0 Å². The lowest BCUT2D eigenvalue weighted by Crippen LogP contribution is -2.22. The molecule has 6 heteroatoms. The average Bonchev–Trinajstić information content (AvgIpc) is 2.53. The molecule has 0 spiro atoms. The summed E-state index contributed by atoms with van der Waals surface area (Å²) < 4.78 is 13.2. The van der Waals surface area contributed by atoms with Gasteiger partial charge in [-0.05, 0) is 29.8 Å². The number of hydrogen-bond acceptors (Lipinski definition) is 4. The molecular weight excluding hydrogens is 271 g/mol. The minimum atomic E-state index is -0.422. The number of nitrogens with two attached hydrogens (primary N) is 1. The molecule has 0 bridgehead atoms. The second-order valence-corrected chi connectivity index (χ2v) is 4.53. The van der Waals surface area contributed by atoms with E-state index in [4.69, 9.17) is 10.9 Å². The van der Waals surface area contributed by atoms with Crippen LogP contribution in [-0.4, -0.2) is 22.6 Å². The third-order valence-electron chi connectivity index (χ3n) is 3.06. The molecule has 0 aliphatic carbocycles. The first kappa shape index (κ1) is 14.9. The predicted octanol–water partition coefficient (Wildman–Crippen LogP) is 1.65. The Bertz CT molecular complexity index is 616. The Morgan fingerprint density at radius 2 is 2.19 bits per heavy atom.